The van der Waals surface area contributed by atoms with Crippen LogP contribution in [0, 0.1) is 0 Å². The van der Waals surface area contributed by atoms with E-state index in [1.165, 1.54) is 0 Å². The monoisotopic (exact) mass is 328 g/mol. The summed E-state index contributed by atoms with van der Waals surface area (Å²) in [5, 5.41) is 8.42. The Kier molecular flexibility index (Phi) is 3.24. The molecule has 0 spiro atoms. The highest BCUT2D eigenvalue weighted by molar-refractivity contribution is 6.66. The number of fused-ring (bicyclic) bond motifs is 1. The van der Waals surface area contributed by atoms with Gasteiger partial charge in [-0.3, -0.25) is 0 Å². The largest absolute Gasteiger partial charge is 0.456 e. The summed E-state index contributed by atoms with van der Waals surface area (Å²) in [6, 6.07) is 9.41. The SMILES string of the molecule is C=C(c1cc2ccccc2o1)c1nnc(C(Cl)(Cl)Cl)o1. The minimum absolute atomic E-state index is 0.116. The third kappa shape index (κ3) is 2.42. The van der Waals surface area contributed by atoms with E-state index in [0.29, 0.717) is 11.3 Å². The molecule has 0 saturated carbocycles. The summed E-state index contributed by atoms with van der Waals surface area (Å²) in [7, 11) is 0. The first-order chi connectivity index (χ1) is 9.45. The van der Waals surface area contributed by atoms with Crippen LogP contribution in [0.3, 0.4) is 0 Å². The highest BCUT2D eigenvalue weighted by Gasteiger charge is 2.31. The molecule has 0 unspecified atom stereocenters. The van der Waals surface area contributed by atoms with Crippen molar-refractivity contribution >= 4 is 51.3 Å². The van der Waals surface area contributed by atoms with Crippen molar-refractivity contribution in [3.05, 3.63) is 54.5 Å². The van der Waals surface area contributed by atoms with Crippen molar-refractivity contribution in [2.45, 2.75) is 3.79 Å². The third-order valence-electron chi connectivity index (χ3n) is 2.65. The maximum atomic E-state index is 5.67. The lowest BCUT2D eigenvalue weighted by Gasteiger charge is -2.02. The number of furan rings is 1. The van der Waals surface area contributed by atoms with E-state index < -0.39 is 3.79 Å². The topological polar surface area (TPSA) is 52.1 Å². The highest BCUT2D eigenvalue weighted by Crippen LogP contribution is 2.38. The number of nitrogens with zero attached hydrogens (tertiary/aromatic N) is 2. The predicted octanol–water partition coefficient (Wildman–Crippen LogP) is 4.70. The third-order valence-corrected chi connectivity index (χ3v) is 3.13. The standard InChI is InChI=1S/C13H7Cl3N2O2/c1-7(11-17-18-12(20-11)13(14,15)16)10-6-8-4-2-3-5-9(8)19-10/h2-6H,1H2. The minimum Gasteiger partial charge on any atom is -0.456 e. The summed E-state index contributed by atoms with van der Waals surface area (Å²) < 4.78 is 9.17. The molecular weight excluding hydrogens is 323 g/mol. The second-order valence-corrected chi connectivity index (χ2v) is 6.32. The first-order valence-corrected chi connectivity index (χ1v) is 6.67. The van der Waals surface area contributed by atoms with E-state index in [9.17, 15) is 0 Å². The molecule has 0 aliphatic rings. The van der Waals surface area contributed by atoms with E-state index in [-0.39, 0.29) is 11.8 Å². The van der Waals surface area contributed by atoms with Crippen LogP contribution in [0.4, 0.5) is 0 Å². The lowest BCUT2D eigenvalue weighted by Crippen LogP contribution is -1.99. The van der Waals surface area contributed by atoms with E-state index in [1.54, 1.807) is 0 Å². The van der Waals surface area contributed by atoms with Crippen LogP contribution in [-0.4, -0.2) is 10.2 Å². The van der Waals surface area contributed by atoms with Crippen molar-refractivity contribution in [3.8, 4) is 0 Å². The molecule has 0 fully saturated rings. The zero-order valence-corrected chi connectivity index (χ0v) is 12.2. The Bertz CT molecular complexity index is 753. The van der Waals surface area contributed by atoms with Gasteiger partial charge in [0.1, 0.15) is 11.3 Å². The number of aromatic nitrogens is 2. The van der Waals surface area contributed by atoms with Gasteiger partial charge in [0.15, 0.2) is 0 Å². The normalized spacial score (nSPS) is 11.9. The summed E-state index contributed by atoms with van der Waals surface area (Å²) in [5.74, 6) is 0.547. The number of hydrogen-bond donors (Lipinski definition) is 0. The molecule has 1 aromatic carbocycles. The second-order valence-electron chi connectivity index (χ2n) is 4.04. The molecule has 0 bridgehead atoms. The number of hydrogen-bond acceptors (Lipinski definition) is 4. The van der Waals surface area contributed by atoms with Crippen molar-refractivity contribution in [2.75, 3.05) is 0 Å². The van der Waals surface area contributed by atoms with Gasteiger partial charge >= 0.3 is 0 Å². The number of alkyl halides is 3. The van der Waals surface area contributed by atoms with Crippen LogP contribution in [0.1, 0.15) is 17.5 Å². The van der Waals surface area contributed by atoms with E-state index in [1.807, 2.05) is 30.3 Å². The van der Waals surface area contributed by atoms with Gasteiger partial charge in [0.25, 0.3) is 15.6 Å². The fraction of sp³-hybridized carbons (Fsp3) is 0.0769. The van der Waals surface area contributed by atoms with Crippen molar-refractivity contribution in [1.82, 2.24) is 10.2 Å². The average molecular weight is 330 g/mol. The van der Waals surface area contributed by atoms with E-state index in [0.717, 1.165) is 11.0 Å². The molecule has 7 heteroatoms. The molecule has 0 N–H and O–H groups in total. The Balaban J connectivity index is 1.98. The molecule has 2 aromatic heterocycles. The van der Waals surface area contributed by atoms with Gasteiger partial charge in [-0.1, -0.05) is 59.6 Å². The smallest absolute Gasteiger partial charge is 0.268 e. The van der Waals surface area contributed by atoms with Gasteiger partial charge in [0, 0.05) is 5.39 Å². The van der Waals surface area contributed by atoms with Crippen molar-refractivity contribution in [1.29, 1.82) is 0 Å². The fourth-order valence-electron chi connectivity index (χ4n) is 1.70. The number of benzene rings is 1. The summed E-state index contributed by atoms with van der Waals surface area (Å²) in [5.41, 5.74) is 1.17. The zero-order valence-electron chi connectivity index (χ0n) is 9.94. The molecule has 0 atom stereocenters. The van der Waals surface area contributed by atoms with Crippen LogP contribution in [-0.2, 0) is 3.79 Å². The number of rotatable bonds is 2. The molecule has 102 valence electrons. The Labute approximate surface area is 128 Å². The van der Waals surface area contributed by atoms with Gasteiger partial charge in [-0.05, 0) is 12.1 Å². The molecular formula is C13H7Cl3N2O2. The van der Waals surface area contributed by atoms with Crippen LogP contribution in [0.5, 0.6) is 0 Å². The first-order valence-electron chi connectivity index (χ1n) is 5.54. The maximum absolute atomic E-state index is 5.67. The van der Waals surface area contributed by atoms with Gasteiger partial charge in [-0.15, -0.1) is 10.2 Å². The van der Waals surface area contributed by atoms with E-state index >= 15 is 0 Å². The number of halogens is 3. The van der Waals surface area contributed by atoms with Crippen LogP contribution in [0.15, 0.2) is 45.7 Å². The van der Waals surface area contributed by atoms with Crippen LogP contribution >= 0.6 is 34.8 Å². The molecule has 3 rings (SSSR count). The van der Waals surface area contributed by atoms with Crippen LogP contribution in [0.2, 0.25) is 0 Å². The van der Waals surface area contributed by atoms with E-state index in [4.69, 9.17) is 43.6 Å². The first kappa shape index (κ1) is 13.5. The lowest BCUT2D eigenvalue weighted by atomic mass is 10.2. The van der Waals surface area contributed by atoms with Crippen LogP contribution < -0.4 is 0 Å². The minimum atomic E-state index is -1.76. The Morgan fingerprint density at radius 3 is 2.50 bits per heavy atom. The van der Waals surface area contributed by atoms with Crippen molar-refractivity contribution in [2.24, 2.45) is 0 Å². The van der Waals surface area contributed by atoms with Gasteiger partial charge in [-0.2, -0.15) is 0 Å². The zero-order chi connectivity index (χ0) is 14.3. The van der Waals surface area contributed by atoms with E-state index in [2.05, 4.69) is 16.8 Å². The second kappa shape index (κ2) is 4.81. The van der Waals surface area contributed by atoms with Crippen molar-refractivity contribution < 1.29 is 8.83 Å². The average Bonchev–Trinajstić information content (AvgIpc) is 3.04. The maximum Gasteiger partial charge on any atom is 0.268 e. The summed E-state index contributed by atoms with van der Waals surface area (Å²) >= 11 is 17.0. The summed E-state index contributed by atoms with van der Waals surface area (Å²) in [6.45, 7) is 3.87. The molecule has 0 aliphatic heterocycles. The van der Waals surface area contributed by atoms with Crippen molar-refractivity contribution in [3.63, 3.8) is 0 Å². The van der Waals surface area contributed by atoms with Gasteiger partial charge in [0.2, 0.25) is 0 Å². The lowest BCUT2D eigenvalue weighted by molar-refractivity contribution is 0.486. The summed E-state index contributed by atoms with van der Waals surface area (Å²) in [6.07, 6.45) is 0. The Morgan fingerprint density at radius 1 is 1.10 bits per heavy atom. The Morgan fingerprint density at radius 2 is 1.85 bits per heavy atom. The molecule has 3 aromatic rings. The van der Waals surface area contributed by atoms with Gasteiger partial charge in [0.05, 0.1) is 5.57 Å². The number of para-hydroxylation sites is 1. The quantitative estimate of drug-likeness (QED) is 0.639. The molecule has 0 saturated heterocycles. The van der Waals surface area contributed by atoms with Crippen LogP contribution in [0.25, 0.3) is 16.5 Å². The fourth-order valence-corrected chi connectivity index (χ4v) is 1.92. The Hall–Kier alpha value is -1.49. The highest BCUT2D eigenvalue weighted by atomic mass is 35.6. The van der Waals surface area contributed by atoms with Gasteiger partial charge < -0.3 is 8.83 Å². The predicted molar refractivity (Wildman–Crippen MR) is 77.9 cm³/mol. The molecule has 2 heterocycles. The van der Waals surface area contributed by atoms with Gasteiger partial charge in [-0.25, -0.2) is 0 Å². The molecule has 20 heavy (non-hydrogen) atoms. The molecule has 0 radical (unpaired) electrons. The molecule has 4 nitrogen and oxygen atoms in total. The molecule has 0 aliphatic carbocycles. The molecule has 0 amide bonds. The summed E-state index contributed by atoms with van der Waals surface area (Å²) in [4.78, 5) is 0.